The van der Waals surface area contributed by atoms with E-state index in [4.69, 9.17) is 4.42 Å². The van der Waals surface area contributed by atoms with Crippen molar-refractivity contribution >= 4 is 5.91 Å². The van der Waals surface area contributed by atoms with Crippen LogP contribution in [0.4, 0.5) is 0 Å². The van der Waals surface area contributed by atoms with Crippen LogP contribution >= 0.6 is 0 Å². The molecule has 5 heteroatoms. The van der Waals surface area contributed by atoms with E-state index < -0.39 is 0 Å². The minimum absolute atomic E-state index is 0.117. The second-order valence-electron chi connectivity index (χ2n) is 6.12. The maximum absolute atomic E-state index is 12.4. The van der Waals surface area contributed by atoms with Gasteiger partial charge in [0.2, 0.25) is 0 Å². The molecule has 2 bridgehead atoms. The van der Waals surface area contributed by atoms with Crippen LogP contribution in [0.2, 0.25) is 0 Å². The topological polar surface area (TPSA) is 58.4 Å². The van der Waals surface area contributed by atoms with Crippen LogP contribution in [-0.4, -0.2) is 41.5 Å². The van der Waals surface area contributed by atoms with Crippen LogP contribution in [0.15, 0.2) is 41.1 Å². The number of aromatic nitrogens is 1. The van der Waals surface area contributed by atoms with Crippen LogP contribution in [0, 0.1) is 5.92 Å². The highest BCUT2D eigenvalue weighted by atomic mass is 16.3. The molecule has 1 atom stereocenters. The lowest BCUT2D eigenvalue weighted by atomic mass is 9.84. The molecule has 3 fully saturated rings. The first kappa shape index (κ1) is 13.5. The van der Waals surface area contributed by atoms with Crippen molar-refractivity contribution in [1.82, 2.24) is 15.2 Å². The summed E-state index contributed by atoms with van der Waals surface area (Å²) >= 11 is 0. The van der Waals surface area contributed by atoms with Gasteiger partial charge in [0.25, 0.3) is 5.91 Å². The minimum Gasteiger partial charge on any atom is -0.451 e. The molecule has 114 valence electrons. The highest BCUT2D eigenvalue weighted by Gasteiger charge is 2.35. The second kappa shape index (κ2) is 5.57. The Labute approximate surface area is 129 Å². The summed E-state index contributed by atoms with van der Waals surface area (Å²) in [6.07, 6.45) is 5.81. The van der Waals surface area contributed by atoms with Crippen LogP contribution in [0.5, 0.6) is 0 Å². The SMILES string of the molecule is O=C(NC1CN2CCC1CC2)c1ccc(-c2cccnc2)o1. The standard InChI is InChI=1S/C17H19N3O2/c21-17(19-14-11-20-8-5-12(14)6-9-20)16-4-3-15(22-16)13-2-1-7-18-10-13/h1-4,7,10,12,14H,5-6,8-9,11H2,(H,19,21). The molecule has 5 nitrogen and oxygen atoms in total. The van der Waals surface area contributed by atoms with Crippen molar-refractivity contribution in [3.05, 3.63) is 42.4 Å². The molecule has 1 amide bonds. The first-order valence-corrected chi connectivity index (χ1v) is 7.83. The van der Waals surface area contributed by atoms with Crippen LogP contribution < -0.4 is 5.32 Å². The number of nitrogens with one attached hydrogen (secondary N) is 1. The number of nitrogens with zero attached hydrogens (tertiary/aromatic N) is 2. The van der Waals surface area contributed by atoms with E-state index in [9.17, 15) is 4.79 Å². The lowest BCUT2D eigenvalue weighted by Crippen LogP contribution is -2.57. The van der Waals surface area contributed by atoms with Gasteiger partial charge in [-0.25, -0.2) is 0 Å². The van der Waals surface area contributed by atoms with Gasteiger partial charge in [-0.15, -0.1) is 0 Å². The zero-order valence-electron chi connectivity index (χ0n) is 12.4. The highest BCUT2D eigenvalue weighted by molar-refractivity contribution is 5.92. The van der Waals surface area contributed by atoms with Crippen LogP contribution in [0.1, 0.15) is 23.4 Å². The Morgan fingerprint density at radius 3 is 2.82 bits per heavy atom. The molecule has 0 saturated carbocycles. The Bertz CT molecular complexity index is 660. The van der Waals surface area contributed by atoms with Crippen molar-refractivity contribution in [2.45, 2.75) is 18.9 Å². The van der Waals surface area contributed by atoms with Gasteiger partial charge in [0.1, 0.15) is 5.76 Å². The average molecular weight is 297 g/mol. The molecule has 1 N–H and O–H groups in total. The van der Waals surface area contributed by atoms with Gasteiger partial charge < -0.3 is 14.6 Å². The molecule has 5 heterocycles. The van der Waals surface area contributed by atoms with Gasteiger partial charge in [-0.05, 0) is 56.1 Å². The first-order chi connectivity index (χ1) is 10.8. The summed E-state index contributed by atoms with van der Waals surface area (Å²) in [6, 6.07) is 7.58. The Hall–Kier alpha value is -2.14. The summed E-state index contributed by atoms with van der Waals surface area (Å²) in [5, 5.41) is 3.14. The van der Waals surface area contributed by atoms with Crippen molar-refractivity contribution in [2.75, 3.05) is 19.6 Å². The van der Waals surface area contributed by atoms with Gasteiger partial charge in [0, 0.05) is 30.5 Å². The monoisotopic (exact) mass is 297 g/mol. The molecule has 3 aliphatic rings. The zero-order valence-corrected chi connectivity index (χ0v) is 12.4. The van der Waals surface area contributed by atoms with E-state index in [1.165, 1.54) is 25.9 Å². The van der Waals surface area contributed by atoms with Crippen molar-refractivity contribution in [3.63, 3.8) is 0 Å². The molecule has 0 spiro atoms. The van der Waals surface area contributed by atoms with E-state index in [0.29, 0.717) is 17.4 Å². The normalized spacial score (nSPS) is 26.8. The molecule has 22 heavy (non-hydrogen) atoms. The fourth-order valence-corrected chi connectivity index (χ4v) is 3.49. The predicted octanol–water partition coefficient (Wildman–Crippen LogP) is 2.17. The van der Waals surface area contributed by atoms with Gasteiger partial charge in [0.15, 0.2) is 5.76 Å². The number of fused-ring (bicyclic) bond motifs is 3. The number of rotatable bonds is 3. The van der Waals surface area contributed by atoms with Gasteiger partial charge in [-0.3, -0.25) is 9.78 Å². The molecule has 3 aliphatic heterocycles. The molecule has 3 saturated heterocycles. The van der Waals surface area contributed by atoms with E-state index in [0.717, 1.165) is 12.1 Å². The molecular weight excluding hydrogens is 278 g/mol. The number of carbonyl (C=O) groups is 1. The largest absolute Gasteiger partial charge is 0.451 e. The Balaban J connectivity index is 1.46. The zero-order chi connectivity index (χ0) is 14.9. The smallest absolute Gasteiger partial charge is 0.287 e. The molecule has 1 unspecified atom stereocenters. The van der Waals surface area contributed by atoms with Crippen molar-refractivity contribution in [2.24, 2.45) is 5.92 Å². The second-order valence-corrected chi connectivity index (χ2v) is 6.12. The highest BCUT2D eigenvalue weighted by Crippen LogP contribution is 2.28. The summed E-state index contributed by atoms with van der Waals surface area (Å²) in [4.78, 5) is 18.9. The maximum Gasteiger partial charge on any atom is 0.287 e. The van der Waals surface area contributed by atoms with Crippen LogP contribution in [-0.2, 0) is 0 Å². The van der Waals surface area contributed by atoms with Crippen molar-refractivity contribution in [1.29, 1.82) is 0 Å². The quantitative estimate of drug-likeness (QED) is 0.943. The van der Waals surface area contributed by atoms with Crippen LogP contribution in [0.3, 0.4) is 0 Å². The maximum atomic E-state index is 12.4. The number of amides is 1. The van der Waals surface area contributed by atoms with Crippen molar-refractivity contribution < 1.29 is 9.21 Å². The summed E-state index contributed by atoms with van der Waals surface area (Å²) in [6.45, 7) is 3.30. The first-order valence-electron chi connectivity index (χ1n) is 7.83. The summed E-state index contributed by atoms with van der Waals surface area (Å²) in [5.74, 6) is 1.54. The lowest BCUT2D eigenvalue weighted by Gasteiger charge is -2.44. The van der Waals surface area contributed by atoms with E-state index in [2.05, 4.69) is 15.2 Å². The Morgan fingerprint density at radius 1 is 1.27 bits per heavy atom. The lowest BCUT2D eigenvalue weighted by molar-refractivity contribution is 0.0606. The third-order valence-corrected chi connectivity index (χ3v) is 4.75. The molecule has 2 aromatic heterocycles. The van der Waals surface area contributed by atoms with Crippen molar-refractivity contribution in [3.8, 4) is 11.3 Å². The van der Waals surface area contributed by atoms with Gasteiger partial charge >= 0.3 is 0 Å². The molecule has 5 rings (SSSR count). The molecular formula is C17H19N3O2. The molecule has 2 aromatic rings. The third kappa shape index (κ3) is 2.52. The fourth-order valence-electron chi connectivity index (χ4n) is 3.49. The van der Waals surface area contributed by atoms with Gasteiger partial charge in [-0.2, -0.15) is 0 Å². The number of pyridine rings is 1. The Morgan fingerprint density at radius 2 is 2.14 bits per heavy atom. The van der Waals surface area contributed by atoms with Gasteiger partial charge in [-0.1, -0.05) is 0 Å². The van der Waals surface area contributed by atoms with E-state index >= 15 is 0 Å². The number of hydrogen-bond donors (Lipinski definition) is 1. The summed E-state index contributed by atoms with van der Waals surface area (Å²) < 4.78 is 5.69. The minimum atomic E-state index is -0.117. The fraction of sp³-hybridized carbons (Fsp3) is 0.412. The summed E-state index contributed by atoms with van der Waals surface area (Å²) in [7, 11) is 0. The van der Waals surface area contributed by atoms with E-state index in [1.807, 2.05) is 18.2 Å². The van der Waals surface area contributed by atoms with E-state index in [1.54, 1.807) is 18.5 Å². The Kier molecular flexibility index (Phi) is 3.42. The van der Waals surface area contributed by atoms with E-state index in [-0.39, 0.29) is 11.9 Å². The summed E-state index contributed by atoms with van der Waals surface area (Å²) in [5.41, 5.74) is 0.879. The molecule has 0 radical (unpaired) electrons. The van der Waals surface area contributed by atoms with Crippen LogP contribution in [0.25, 0.3) is 11.3 Å². The predicted molar refractivity (Wildman–Crippen MR) is 82.4 cm³/mol. The average Bonchev–Trinajstić information content (AvgIpc) is 3.07. The number of piperidine rings is 3. The molecule has 0 aliphatic carbocycles. The van der Waals surface area contributed by atoms with Gasteiger partial charge in [0.05, 0.1) is 0 Å². The number of furan rings is 1. The third-order valence-electron chi connectivity index (χ3n) is 4.75. The molecule has 0 aromatic carbocycles. The number of carbonyl (C=O) groups excluding carboxylic acids is 1. The number of hydrogen-bond acceptors (Lipinski definition) is 4.